The summed E-state index contributed by atoms with van der Waals surface area (Å²) in [5.74, 6) is -1.07. The molecule has 5 nitrogen and oxygen atoms in total. The summed E-state index contributed by atoms with van der Waals surface area (Å²) in [4.78, 5) is 10.6. The van der Waals surface area contributed by atoms with E-state index in [2.05, 4.69) is 5.10 Å². The molecule has 0 aliphatic rings. The predicted octanol–water partition coefficient (Wildman–Crippen LogP) is 2.24. The van der Waals surface area contributed by atoms with Crippen molar-refractivity contribution < 1.29 is 23.1 Å². The van der Waals surface area contributed by atoms with Gasteiger partial charge in [0.05, 0.1) is 11.3 Å². The lowest BCUT2D eigenvalue weighted by atomic mass is 10.1. The van der Waals surface area contributed by atoms with Crippen LogP contribution in [0.1, 0.15) is 5.56 Å². The molecule has 3 N–H and O–H groups in total. The zero-order chi connectivity index (χ0) is 14.9. The van der Waals surface area contributed by atoms with Gasteiger partial charge in [-0.3, -0.25) is 4.79 Å². The highest BCUT2D eigenvalue weighted by molar-refractivity contribution is 5.68. The fraction of sp³-hybridized carbons (Fsp3) is 0.167. The lowest BCUT2D eigenvalue weighted by Crippen LogP contribution is -2.12. The summed E-state index contributed by atoms with van der Waals surface area (Å²) in [5.41, 5.74) is 5.17. The highest BCUT2D eigenvalue weighted by atomic mass is 19.4. The van der Waals surface area contributed by atoms with Gasteiger partial charge in [0, 0.05) is 11.6 Å². The van der Waals surface area contributed by atoms with E-state index < -0.39 is 24.3 Å². The molecule has 0 radical (unpaired) electrons. The number of carboxylic acids is 1. The molecule has 0 unspecified atom stereocenters. The van der Waals surface area contributed by atoms with Crippen molar-refractivity contribution in [3.8, 4) is 11.3 Å². The van der Waals surface area contributed by atoms with Crippen molar-refractivity contribution in [2.45, 2.75) is 12.7 Å². The normalized spacial score (nSPS) is 11.6. The topological polar surface area (TPSA) is 81.1 Å². The second kappa shape index (κ2) is 4.87. The lowest BCUT2D eigenvalue weighted by molar-refractivity contribution is -0.138. The minimum atomic E-state index is -4.45. The number of aliphatic carboxylic acids is 1. The summed E-state index contributed by atoms with van der Waals surface area (Å²) in [6, 6.07) is 5.92. The number of halogens is 3. The third-order valence-corrected chi connectivity index (χ3v) is 2.58. The summed E-state index contributed by atoms with van der Waals surface area (Å²) in [6.45, 7) is -0.454. The molecule has 0 spiro atoms. The van der Waals surface area contributed by atoms with Crippen LogP contribution in [0.5, 0.6) is 0 Å². The van der Waals surface area contributed by atoms with Gasteiger partial charge in [0.25, 0.3) is 0 Å². The van der Waals surface area contributed by atoms with Crippen LogP contribution in [-0.2, 0) is 17.5 Å². The molecule has 0 saturated carbocycles. The van der Waals surface area contributed by atoms with Crippen LogP contribution < -0.4 is 5.73 Å². The van der Waals surface area contributed by atoms with Crippen molar-refractivity contribution in [2.75, 3.05) is 5.73 Å². The third kappa shape index (κ3) is 2.90. The number of aromatic nitrogens is 2. The van der Waals surface area contributed by atoms with E-state index in [-0.39, 0.29) is 17.1 Å². The van der Waals surface area contributed by atoms with E-state index in [4.69, 9.17) is 10.8 Å². The van der Waals surface area contributed by atoms with Crippen molar-refractivity contribution in [3.05, 3.63) is 35.9 Å². The molecule has 106 valence electrons. The molecule has 1 aromatic carbocycles. The average Bonchev–Trinajstić information content (AvgIpc) is 2.69. The Balaban J connectivity index is 2.39. The number of carbonyl (C=O) groups is 1. The minimum absolute atomic E-state index is 0.0693. The van der Waals surface area contributed by atoms with Crippen LogP contribution in [0.2, 0.25) is 0 Å². The molecule has 1 aromatic heterocycles. The van der Waals surface area contributed by atoms with Crippen molar-refractivity contribution in [1.29, 1.82) is 0 Å². The second-order valence-electron chi connectivity index (χ2n) is 4.08. The third-order valence-electron chi connectivity index (χ3n) is 2.58. The molecule has 0 aliphatic carbocycles. The first-order valence-corrected chi connectivity index (χ1v) is 5.50. The number of nitrogens with zero attached hydrogens (tertiary/aromatic N) is 2. The number of anilines is 1. The van der Waals surface area contributed by atoms with Gasteiger partial charge < -0.3 is 10.8 Å². The molecule has 0 aliphatic heterocycles. The van der Waals surface area contributed by atoms with Crippen molar-refractivity contribution >= 4 is 11.8 Å². The number of hydrogen-bond acceptors (Lipinski definition) is 3. The van der Waals surface area contributed by atoms with E-state index in [0.717, 1.165) is 16.8 Å². The van der Waals surface area contributed by atoms with Gasteiger partial charge in [0.1, 0.15) is 12.4 Å². The van der Waals surface area contributed by atoms with Gasteiger partial charge in [0.2, 0.25) is 0 Å². The standard InChI is InChI=1S/C12H10F3N3O2/c13-12(14,15)8-3-1-2-7(4-8)9-5-10(16)18(17-9)6-11(19)20/h1-5H,6,16H2,(H,19,20). The molecule has 0 fully saturated rings. The second-order valence-corrected chi connectivity index (χ2v) is 4.08. The first kappa shape index (κ1) is 13.9. The number of alkyl halides is 3. The molecule has 0 saturated heterocycles. The largest absolute Gasteiger partial charge is 0.480 e. The van der Waals surface area contributed by atoms with E-state index in [1.54, 1.807) is 0 Å². The summed E-state index contributed by atoms with van der Waals surface area (Å²) in [7, 11) is 0. The van der Waals surface area contributed by atoms with Gasteiger partial charge in [-0.15, -0.1) is 0 Å². The van der Waals surface area contributed by atoms with E-state index in [9.17, 15) is 18.0 Å². The molecule has 2 aromatic rings. The van der Waals surface area contributed by atoms with E-state index in [1.165, 1.54) is 18.2 Å². The maximum atomic E-state index is 12.6. The van der Waals surface area contributed by atoms with Crippen LogP contribution in [0.25, 0.3) is 11.3 Å². The molecular formula is C12H10F3N3O2. The fourth-order valence-corrected chi connectivity index (χ4v) is 1.68. The van der Waals surface area contributed by atoms with E-state index in [1.807, 2.05) is 0 Å². The first-order valence-electron chi connectivity index (χ1n) is 5.50. The number of rotatable bonds is 3. The van der Waals surface area contributed by atoms with Crippen LogP contribution in [0.4, 0.5) is 19.0 Å². The van der Waals surface area contributed by atoms with Gasteiger partial charge >= 0.3 is 12.1 Å². The van der Waals surface area contributed by atoms with Gasteiger partial charge in [-0.1, -0.05) is 12.1 Å². The monoisotopic (exact) mass is 285 g/mol. The quantitative estimate of drug-likeness (QED) is 0.906. The van der Waals surface area contributed by atoms with Gasteiger partial charge in [-0.2, -0.15) is 18.3 Å². The lowest BCUT2D eigenvalue weighted by Gasteiger charge is -2.07. The molecule has 8 heteroatoms. The highest BCUT2D eigenvalue weighted by Crippen LogP contribution is 2.32. The number of hydrogen-bond donors (Lipinski definition) is 2. The predicted molar refractivity (Wildman–Crippen MR) is 64.7 cm³/mol. The summed E-state index contributed by atoms with van der Waals surface area (Å²) in [6.07, 6.45) is -4.45. The molecule has 0 bridgehead atoms. The maximum absolute atomic E-state index is 12.6. The maximum Gasteiger partial charge on any atom is 0.416 e. The summed E-state index contributed by atoms with van der Waals surface area (Å²) >= 11 is 0. The Bertz CT molecular complexity index is 650. The Hall–Kier alpha value is -2.51. The van der Waals surface area contributed by atoms with Crippen molar-refractivity contribution in [2.24, 2.45) is 0 Å². The number of benzene rings is 1. The molecule has 0 atom stereocenters. The minimum Gasteiger partial charge on any atom is -0.480 e. The van der Waals surface area contributed by atoms with Gasteiger partial charge in [0.15, 0.2) is 0 Å². The van der Waals surface area contributed by atoms with Crippen LogP contribution >= 0.6 is 0 Å². The Morgan fingerprint density at radius 3 is 2.65 bits per heavy atom. The molecule has 2 rings (SSSR count). The van der Waals surface area contributed by atoms with E-state index >= 15 is 0 Å². The number of nitrogens with two attached hydrogens (primary N) is 1. The zero-order valence-corrected chi connectivity index (χ0v) is 10.1. The van der Waals surface area contributed by atoms with Gasteiger partial charge in [-0.25, -0.2) is 4.68 Å². The van der Waals surface area contributed by atoms with Crippen molar-refractivity contribution in [1.82, 2.24) is 9.78 Å². The fourth-order valence-electron chi connectivity index (χ4n) is 1.68. The van der Waals surface area contributed by atoms with Crippen LogP contribution in [-0.4, -0.2) is 20.9 Å². The summed E-state index contributed by atoms with van der Waals surface area (Å²) < 4.78 is 38.8. The first-order chi connectivity index (χ1) is 9.27. The smallest absolute Gasteiger partial charge is 0.416 e. The Kier molecular flexibility index (Phi) is 3.39. The van der Waals surface area contributed by atoms with Crippen LogP contribution in [0.3, 0.4) is 0 Å². The Labute approximate surface area is 111 Å². The molecule has 0 amide bonds. The Morgan fingerprint density at radius 2 is 2.05 bits per heavy atom. The van der Waals surface area contributed by atoms with Crippen molar-refractivity contribution in [3.63, 3.8) is 0 Å². The molecule has 20 heavy (non-hydrogen) atoms. The number of carboxylic acid groups (broad SMARTS) is 1. The van der Waals surface area contributed by atoms with E-state index in [0.29, 0.717) is 0 Å². The Morgan fingerprint density at radius 1 is 1.35 bits per heavy atom. The van der Waals surface area contributed by atoms with Gasteiger partial charge in [-0.05, 0) is 12.1 Å². The number of nitrogen functional groups attached to an aromatic ring is 1. The van der Waals surface area contributed by atoms with Crippen LogP contribution in [0.15, 0.2) is 30.3 Å². The molecule has 1 heterocycles. The van der Waals surface area contributed by atoms with Crippen LogP contribution in [0, 0.1) is 0 Å². The summed E-state index contributed by atoms with van der Waals surface area (Å²) in [5, 5.41) is 12.5. The zero-order valence-electron chi connectivity index (χ0n) is 10.1. The average molecular weight is 285 g/mol. The SMILES string of the molecule is Nc1cc(-c2cccc(C(F)(F)F)c2)nn1CC(=O)O. The molecular weight excluding hydrogens is 275 g/mol. The highest BCUT2D eigenvalue weighted by Gasteiger charge is 2.30.